The van der Waals surface area contributed by atoms with Crippen molar-refractivity contribution in [1.29, 1.82) is 0 Å². The summed E-state index contributed by atoms with van der Waals surface area (Å²) in [5, 5.41) is 12.7. The molecule has 0 spiro atoms. The van der Waals surface area contributed by atoms with Crippen LogP contribution in [0.1, 0.15) is 18.3 Å². The van der Waals surface area contributed by atoms with Gasteiger partial charge in [-0.1, -0.05) is 34.9 Å². The molecule has 2 rings (SSSR count). The molecular weight excluding hydrogens is 352 g/mol. The summed E-state index contributed by atoms with van der Waals surface area (Å²) in [5.41, 5.74) is 2.25. The van der Waals surface area contributed by atoms with Crippen LogP contribution < -0.4 is 0 Å². The number of thioether (sulfide) groups is 2. The first-order valence-corrected chi connectivity index (χ1v) is 9.19. The lowest BCUT2D eigenvalue weighted by molar-refractivity contribution is 0.631. The van der Waals surface area contributed by atoms with Crippen molar-refractivity contribution in [3.05, 3.63) is 15.9 Å². The Bertz CT molecular complexity index is 537. The highest BCUT2D eigenvalue weighted by molar-refractivity contribution is 9.10. The van der Waals surface area contributed by atoms with Crippen LogP contribution >= 0.6 is 50.8 Å². The average Bonchev–Trinajstić information content (AvgIpc) is 2.94. The summed E-state index contributed by atoms with van der Waals surface area (Å²) >= 11 is 8.58. The van der Waals surface area contributed by atoms with Crippen LogP contribution in [0, 0.1) is 6.92 Å². The summed E-state index contributed by atoms with van der Waals surface area (Å²) in [6, 6.07) is 0. The molecule has 8 heteroatoms. The molecule has 2 aromatic rings. The zero-order valence-corrected chi connectivity index (χ0v) is 14.3. The summed E-state index contributed by atoms with van der Waals surface area (Å²) in [4.78, 5) is 0. The predicted octanol–water partition coefficient (Wildman–Crippen LogP) is 3.84. The van der Waals surface area contributed by atoms with Crippen LogP contribution in [0.2, 0.25) is 0 Å². The van der Waals surface area contributed by atoms with E-state index in [1.165, 1.54) is 5.69 Å². The Morgan fingerprint density at radius 2 is 2.06 bits per heavy atom. The third-order valence-corrected chi connectivity index (χ3v) is 6.42. The van der Waals surface area contributed by atoms with E-state index in [0.717, 1.165) is 31.1 Å². The maximum atomic E-state index is 4.48. The van der Waals surface area contributed by atoms with E-state index < -0.39 is 0 Å². The van der Waals surface area contributed by atoms with Crippen molar-refractivity contribution >= 4 is 50.8 Å². The fourth-order valence-corrected chi connectivity index (χ4v) is 4.55. The molecule has 0 aliphatic carbocycles. The molecule has 98 valence electrons. The Kier molecular flexibility index (Phi) is 5.11. The molecule has 0 aromatic carbocycles. The van der Waals surface area contributed by atoms with E-state index in [1.807, 2.05) is 17.9 Å². The average molecular weight is 365 g/mol. The Morgan fingerprint density at radius 1 is 1.33 bits per heavy atom. The van der Waals surface area contributed by atoms with Crippen molar-refractivity contribution in [2.24, 2.45) is 0 Å². The second-order valence-electron chi connectivity index (χ2n) is 3.49. The molecule has 0 amide bonds. The topological polar surface area (TPSA) is 43.6 Å². The monoisotopic (exact) mass is 364 g/mol. The first-order valence-electron chi connectivity index (χ1n) is 5.37. The van der Waals surface area contributed by atoms with Crippen molar-refractivity contribution in [3.63, 3.8) is 0 Å². The second kappa shape index (κ2) is 6.40. The minimum absolute atomic E-state index is 0.859. The van der Waals surface area contributed by atoms with Gasteiger partial charge in [0.1, 0.15) is 0 Å². The molecule has 4 nitrogen and oxygen atoms in total. The van der Waals surface area contributed by atoms with Gasteiger partial charge in [0.15, 0.2) is 8.68 Å². The number of hydrogen-bond donors (Lipinski definition) is 0. The molecule has 18 heavy (non-hydrogen) atoms. The third-order valence-electron chi connectivity index (χ3n) is 2.35. The number of hydrogen-bond acceptors (Lipinski definition) is 6. The molecule has 0 saturated heterocycles. The van der Waals surface area contributed by atoms with E-state index in [4.69, 9.17) is 0 Å². The van der Waals surface area contributed by atoms with E-state index in [2.05, 4.69) is 38.1 Å². The molecule has 0 fully saturated rings. The van der Waals surface area contributed by atoms with E-state index in [0.29, 0.717) is 0 Å². The van der Waals surface area contributed by atoms with Gasteiger partial charge in [-0.25, -0.2) is 0 Å². The van der Waals surface area contributed by atoms with Gasteiger partial charge in [0.25, 0.3) is 0 Å². The van der Waals surface area contributed by atoms with Crippen LogP contribution in [-0.4, -0.2) is 26.2 Å². The molecule has 0 saturated carbocycles. The normalized spacial score (nSPS) is 11.1. The standard InChI is InChI=1S/C10H13BrN4S3/c1-4-15-7(8(11)6(2)14-15)5-17-10-13-12-9(16-3)18-10/h4-5H2,1-3H3. The predicted molar refractivity (Wildman–Crippen MR) is 81.6 cm³/mol. The lowest BCUT2D eigenvalue weighted by Crippen LogP contribution is -2.01. The van der Waals surface area contributed by atoms with Gasteiger partial charge in [-0.2, -0.15) is 5.10 Å². The molecule has 0 atom stereocenters. The SMILES string of the molecule is CCn1nc(C)c(Br)c1CSc1nnc(SC)s1. The molecule has 2 aromatic heterocycles. The molecule has 0 bridgehead atoms. The largest absolute Gasteiger partial charge is 0.268 e. The van der Waals surface area contributed by atoms with Crippen LogP contribution in [0.15, 0.2) is 13.2 Å². The Morgan fingerprint density at radius 3 is 2.67 bits per heavy atom. The van der Waals surface area contributed by atoms with Crippen molar-refractivity contribution in [3.8, 4) is 0 Å². The maximum absolute atomic E-state index is 4.48. The molecular formula is C10H13BrN4S3. The van der Waals surface area contributed by atoms with Crippen LogP contribution in [0.25, 0.3) is 0 Å². The molecule has 0 aliphatic rings. The van der Waals surface area contributed by atoms with E-state index in [-0.39, 0.29) is 0 Å². The summed E-state index contributed by atoms with van der Waals surface area (Å²) in [6.45, 7) is 5.00. The van der Waals surface area contributed by atoms with Crippen LogP contribution in [-0.2, 0) is 12.3 Å². The van der Waals surface area contributed by atoms with Crippen molar-refractivity contribution < 1.29 is 0 Å². The fraction of sp³-hybridized carbons (Fsp3) is 0.500. The van der Waals surface area contributed by atoms with Crippen LogP contribution in [0.5, 0.6) is 0 Å². The van der Waals surface area contributed by atoms with E-state index in [1.54, 1.807) is 34.9 Å². The number of nitrogens with zero attached hydrogens (tertiary/aromatic N) is 4. The Hall–Kier alpha value is -0.0500. The third kappa shape index (κ3) is 3.09. The molecule has 2 heterocycles. The lowest BCUT2D eigenvalue weighted by Gasteiger charge is -2.03. The van der Waals surface area contributed by atoms with Crippen LogP contribution in [0.3, 0.4) is 0 Å². The first-order chi connectivity index (χ1) is 8.65. The van der Waals surface area contributed by atoms with Gasteiger partial charge in [0.05, 0.1) is 15.9 Å². The van der Waals surface area contributed by atoms with Gasteiger partial charge >= 0.3 is 0 Å². The zero-order valence-electron chi connectivity index (χ0n) is 10.3. The van der Waals surface area contributed by atoms with Crippen molar-refractivity contribution in [2.75, 3.05) is 6.26 Å². The highest BCUT2D eigenvalue weighted by atomic mass is 79.9. The van der Waals surface area contributed by atoms with E-state index >= 15 is 0 Å². The van der Waals surface area contributed by atoms with Gasteiger partial charge in [0.2, 0.25) is 0 Å². The first kappa shape index (κ1) is 14.4. The summed E-state index contributed by atoms with van der Waals surface area (Å²) < 4.78 is 5.15. The zero-order chi connectivity index (χ0) is 13.1. The summed E-state index contributed by atoms with van der Waals surface area (Å²) in [5.74, 6) is 0.859. The lowest BCUT2D eigenvalue weighted by atomic mass is 10.4. The quantitative estimate of drug-likeness (QED) is 0.754. The number of aryl methyl sites for hydroxylation is 2. The van der Waals surface area contributed by atoms with Gasteiger partial charge in [-0.05, 0) is 36.0 Å². The maximum Gasteiger partial charge on any atom is 0.175 e. The van der Waals surface area contributed by atoms with Crippen molar-refractivity contribution in [2.45, 2.75) is 34.8 Å². The summed E-state index contributed by atoms with van der Waals surface area (Å²) in [7, 11) is 0. The molecule has 0 radical (unpaired) electrons. The minimum atomic E-state index is 0.859. The van der Waals surface area contributed by atoms with Gasteiger partial charge < -0.3 is 0 Å². The molecule has 0 aliphatic heterocycles. The second-order valence-corrected chi connectivity index (χ2v) is 7.53. The number of rotatable bonds is 5. The van der Waals surface area contributed by atoms with Crippen LogP contribution in [0.4, 0.5) is 0 Å². The highest BCUT2D eigenvalue weighted by Crippen LogP contribution is 2.32. The number of halogens is 1. The molecule has 0 N–H and O–H groups in total. The van der Waals surface area contributed by atoms with Gasteiger partial charge in [-0.3, -0.25) is 4.68 Å². The fourth-order valence-electron chi connectivity index (χ4n) is 1.47. The highest BCUT2D eigenvalue weighted by Gasteiger charge is 2.13. The number of aromatic nitrogens is 4. The van der Waals surface area contributed by atoms with Gasteiger partial charge in [-0.15, -0.1) is 10.2 Å². The van der Waals surface area contributed by atoms with Crippen molar-refractivity contribution in [1.82, 2.24) is 20.0 Å². The van der Waals surface area contributed by atoms with Gasteiger partial charge in [0, 0.05) is 12.3 Å². The Labute approximate surface area is 127 Å². The smallest absolute Gasteiger partial charge is 0.175 e. The minimum Gasteiger partial charge on any atom is -0.268 e. The van der Waals surface area contributed by atoms with E-state index in [9.17, 15) is 0 Å². The molecule has 0 unspecified atom stereocenters. The summed E-state index contributed by atoms with van der Waals surface area (Å²) in [6.07, 6.45) is 2.01. The Balaban J connectivity index is 2.10.